The molecule has 174 valence electrons. The molecule has 0 radical (unpaired) electrons. The third-order valence-electron chi connectivity index (χ3n) is 4.91. The first-order valence-electron chi connectivity index (χ1n) is 10.6. The summed E-state index contributed by atoms with van der Waals surface area (Å²) in [6, 6.07) is 11.4. The van der Waals surface area contributed by atoms with Crippen molar-refractivity contribution >= 4 is 17.6 Å². The van der Waals surface area contributed by atoms with Crippen LogP contribution in [0.4, 0.5) is 23.7 Å². The summed E-state index contributed by atoms with van der Waals surface area (Å²) in [7, 11) is 0. The van der Waals surface area contributed by atoms with Crippen molar-refractivity contribution in [1.29, 1.82) is 0 Å². The molecule has 1 atom stereocenters. The summed E-state index contributed by atoms with van der Waals surface area (Å²) in [6.45, 7) is 7.69. The number of halogens is 3. The van der Waals surface area contributed by atoms with E-state index < -0.39 is 11.7 Å². The van der Waals surface area contributed by atoms with Crippen LogP contribution >= 0.6 is 0 Å². The molecule has 2 aromatic carbocycles. The predicted octanol–water partition coefficient (Wildman–Crippen LogP) is 5.29. The molecule has 1 unspecified atom stereocenters. The zero-order valence-electron chi connectivity index (χ0n) is 18.8. The van der Waals surface area contributed by atoms with Crippen LogP contribution in [0.3, 0.4) is 0 Å². The number of urea groups is 1. The largest absolute Gasteiger partial charge is 0.416 e. The molecule has 2 rings (SSSR count). The van der Waals surface area contributed by atoms with Crippen molar-refractivity contribution in [2.75, 3.05) is 4.90 Å². The maximum absolute atomic E-state index is 12.8. The molecular formula is C24H30F3N3O2. The minimum Gasteiger partial charge on any atom is -0.353 e. The average molecular weight is 450 g/mol. The molecule has 8 heteroatoms. The van der Waals surface area contributed by atoms with E-state index in [2.05, 4.69) is 10.6 Å². The van der Waals surface area contributed by atoms with E-state index in [9.17, 15) is 22.8 Å². The Labute approximate surface area is 187 Å². The van der Waals surface area contributed by atoms with Crippen LogP contribution in [0.15, 0.2) is 48.5 Å². The topological polar surface area (TPSA) is 61.4 Å². The van der Waals surface area contributed by atoms with Crippen molar-refractivity contribution in [2.24, 2.45) is 0 Å². The predicted molar refractivity (Wildman–Crippen MR) is 119 cm³/mol. The van der Waals surface area contributed by atoms with Crippen LogP contribution in [0.1, 0.15) is 50.8 Å². The van der Waals surface area contributed by atoms with Crippen LogP contribution < -0.4 is 15.5 Å². The Morgan fingerprint density at radius 1 is 0.906 bits per heavy atom. The molecule has 0 aromatic heterocycles. The highest BCUT2D eigenvalue weighted by Gasteiger charge is 2.30. The van der Waals surface area contributed by atoms with Crippen molar-refractivity contribution < 1.29 is 22.8 Å². The molecule has 0 bridgehead atoms. The Bertz CT molecular complexity index is 894. The van der Waals surface area contributed by atoms with E-state index in [0.29, 0.717) is 11.3 Å². The lowest BCUT2D eigenvalue weighted by Crippen LogP contribution is -2.42. The molecule has 0 aliphatic rings. The van der Waals surface area contributed by atoms with Gasteiger partial charge in [0.2, 0.25) is 5.91 Å². The smallest absolute Gasteiger partial charge is 0.353 e. The molecule has 32 heavy (non-hydrogen) atoms. The Kier molecular flexibility index (Phi) is 8.69. The van der Waals surface area contributed by atoms with Gasteiger partial charge in [-0.1, -0.05) is 31.2 Å². The van der Waals surface area contributed by atoms with Gasteiger partial charge in [-0.25, -0.2) is 4.79 Å². The van der Waals surface area contributed by atoms with Crippen LogP contribution in [0, 0.1) is 0 Å². The third-order valence-corrected chi connectivity index (χ3v) is 4.91. The lowest BCUT2D eigenvalue weighted by molar-refractivity contribution is -0.137. The van der Waals surface area contributed by atoms with E-state index in [1.54, 1.807) is 24.3 Å². The van der Waals surface area contributed by atoms with E-state index in [4.69, 9.17) is 0 Å². The van der Waals surface area contributed by atoms with Gasteiger partial charge in [-0.3, -0.25) is 9.69 Å². The second kappa shape index (κ2) is 11.0. The molecular weight excluding hydrogens is 419 g/mol. The first kappa shape index (κ1) is 25.2. The Hall–Kier alpha value is -3.03. The summed E-state index contributed by atoms with van der Waals surface area (Å²) in [4.78, 5) is 26.3. The summed E-state index contributed by atoms with van der Waals surface area (Å²) in [5.74, 6) is -0.0775. The highest BCUT2D eigenvalue weighted by atomic mass is 19.4. The van der Waals surface area contributed by atoms with Gasteiger partial charge in [0.15, 0.2) is 0 Å². The minimum atomic E-state index is -4.41. The van der Waals surface area contributed by atoms with E-state index >= 15 is 0 Å². The van der Waals surface area contributed by atoms with E-state index in [1.807, 2.05) is 27.7 Å². The number of hydrogen-bond acceptors (Lipinski definition) is 2. The van der Waals surface area contributed by atoms with Gasteiger partial charge in [0.25, 0.3) is 0 Å². The number of carbonyl (C=O) groups is 2. The van der Waals surface area contributed by atoms with Gasteiger partial charge in [0, 0.05) is 17.8 Å². The molecule has 0 heterocycles. The fourth-order valence-corrected chi connectivity index (χ4v) is 2.99. The van der Waals surface area contributed by atoms with Crippen molar-refractivity contribution in [3.63, 3.8) is 0 Å². The Morgan fingerprint density at radius 3 is 1.97 bits per heavy atom. The molecule has 0 saturated carbocycles. The number of nitrogens with zero attached hydrogens (tertiary/aromatic N) is 1. The molecule has 2 aromatic rings. The van der Waals surface area contributed by atoms with Crippen LogP contribution in [0.25, 0.3) is 0 Å². The SMILES string of the molecule is CCC(C)NC(=O)Cc1ccc(N(Cc2ccc(C(F)(F)F)cc2)C(=O)NC(C)C)cc1. The molecule has 0 aliphatic heterocycles. The summed E-state index contributed by atoms with van der Waals surface area (Å²) in [6.07, 6.45) is -3.35. The molecule has 0 spiro atoms. The fourth-order valence-electron chi connectivity index (χ4n) is 2.99. The standard InChI is InChI=1S/C24H30F3N3O2/c1-5-17(4)29-22(31)14-18-8-12-21(13-9-18)30(23(32)28-16(2)3)15-19-6-10-20(11-7-19)24(25,26)27/h6-13,16-17H,5,14-15H2,1-4H3,(H,28,32)(H,29,31). The van der Waals surface area contributed by atoms with Gasteiger partial charge in [-0.05, 0) is 62.6 Å². The lowest BCUT2D eigenvalue weighted by atomic mass is 10.1. The molecule has 3 amide bonds. The maximum Gasteiger partial charge on any atom is 0.416 e. The number of hydrogen-bond donors (Lipinski definition) is 2. The van der Waals surface area contributed by atoms with Crippen molar-refractivity contribution in [3.8, 4) is 0 Å². The molecule has 2 N–H and O–H groups in total. The Morgan fingerprint density at radius 2 is 1.47 bits per heavy atom. The van der Waals surface area contributed by atoms with Gasteiger partial charge in [-0.15, -0.1) is 0 Å². The minimum absolute atomic E-state index is 0.0775. The molecule has 0 aliphatic carbocycles. The fraction of sp³-hybridized carbons (Fsp3) is 0.417. The van der Waals surface area contributed by atoms with Crippen LogP contribution in [-0.4, -0.2) is 24.0 Å². The number of carbonyl (C=O) groups excluding carboxylic acids is 2. The first-order valence-corrected chi connectivity index (χ1v) is 10.6. The first-order chi connectivity index (χ1) is 15.0. The van der Waals surface area contributed by atoms with Gasteiger partial charge >= 0.3 is 12.2 Å². The molecule has 0 saturated heterocycles. The normalized spacial score (nSPS) is 12.4. The highest BCUT2D eigenvalue weighted by molar-refractivity contribution is 5.92. The van der Waals surface area contributed by atoms with E-state index in [0.717, 1.165) is 24.1 Å². The van der Waals surface area contributed by atoms with Gasteiger partial charge < -0.3 is 10.6 Å². The molecule has 0 fully saturated rings. The quantitative estimate of drug-likeness (QED) is 0.576. The number of anilines is 1. The number of alkyl halides is 3. The zero-order valence-corrected chi connectivity index (χ0v) is 18.8. The monoisotopic (exact) mass is 449 g/mol. The second-order valence-electron chi connectivity index (χ2n) is 8.11. The number of benzene rings is 2. The summed E-state index contributed by atoms with van der Waals surface area (Å²) < 4.78 is 38.5. The number of nitrogens with one attached hydrogen (secondary N) is 2. The van der Waals surface area contributed by atoms with E-state index in [-0.39, 0.29) is 37.0 Å². The van der Waals surface area contributed by atoms with Gasteiger partial charge in [0.05, 0.1) is 18.5 Å². The average Bonchev–Trinajstić information content (AvgIpc) is 2.71. The third kappa shape index (κ3) is 7.59. The Balaban J connectivity index is 2.19. The van der Waals surface area contributed by atoms with Crippen molar-refractivity contribution in [1.82, 2.24) is 10.6 Å². The highest BCUT2D eigenvalue weighted by Crippen LogP contribution is 2.29. The van der Waals surface area contributed by atoms with E-state index in [1.165, 1.54) is 17.0 Å². The van der Waals surface area contributed by atoms with Crippen molar-refractivity contribution in [3.05, 3.63) is 65.2 Å². The van der Waals surface area contributed by atoms with Gasteiger partial charge in [-0.2, -0.15) is 13.2 Å². The van der Waals surface area contributed by atoms with Crippen LogP contribution in [0.5, 0.6) is 0 Å². The summed E-state index contributed by atoms with van der Waals surface area (Å²) in [5, 5.41) is 5.72. The maximum atomic E-state index is 12.8. The summed E-state index contributed by atoms with van der Waals surface area (Å²) in [5.41, 5.74) is 1.20. The van der Waals surface area contributed by atoms with Crippen molar-refractivity contribution in [2.45, 2.75) is 65.3 Å². The summed E-state index contributed by atoms with van der Waals surface area (Å²) >= 11 is 0. The number of rotatable bonds is 8. The number of amides is 3. The zero-order chi connectivity index (χ0) is 23.9. The molecule has 5 nitrogen and oxygen atoms in total. The lowest BCUT2D eigenvalue weighted by Gasteiger charge is -2.25. The van der Waals surface area contributed by atoms with Crippen LogP contribution in [-0.2, 0) is 23.9 Å². The van der Waals surface area contributed by atoms with Gasteiger partial charge in [0.1, 0.15) is 0 Å². The second-order valence-corrected chi connectivity index (χ2v) is 8.11. The van der Waals surface area contributed by atoms with Crippen LogP contribution in [0.2, 0.25) is 0 Å².